The molecule has 1 aliphatic heterocycles. The third-order valence-electron chi connectivity index (χ3n) is 5.68. The number of guanidine groups is 1. The van der Waals surface area contributed by atoms with Gasteiger partial charge < -0.3 is 20.3 Å². The summed E-state index contributed by atoms with van der Waals surface area (Å²) in [7, 11) is 7.67. The third kappa shape index (κ3) is 7.00. The number of halogens is 1. The molecule has 7 heteroatoms. The monoisotopic (exact) mass is 537 g/mol. The van der Waals surface area contributed by atoms with Gasteiger partial charge in [-0.1, -0.05) is 30.3 Å². The Kier molecular flexibility index (Phi) is 10.4. The average molecular weight is 537 g/mol. The molecule has 6 nitrogen and oxygen atoms in total. The van der Waals surface area contributed by atoms with Crippen LogP contribution in [0.15, 0.2) is 53.5 Å². The topological polar surface area (TPSA) is 52.1 Å². The molecular weight excluding hydrogens is 501 g/mol. The Morgan fingerprint density at radius 3 is 2.35 bits per heavy atom. The van der Waals surface area contributed by atoms with E-state index in [0.29, 0.717) is 0 Å². The summed E-state index contributed by atoms with van der Waals surface area (Å²) in [5, 5.41) is 6.97. The molecule has 31 heavy (non-hydrogen) atoms. The van der Waals surface area contributed by atoms with Crippen LogP contribution in [0.5, 0.6) is 5.75 Å². The van der Waals surface area contributed by atoms with Crippen molar-refractivity contribution < 1.29 is 4.74 Å². The van der Waals surface area contributed by atoms with Crippen LogP contribution in [0, 0.1) is 0 Å². The fourth-order valence-electron chi connectivity index (χ4n) is 3.94. The number of nitrogens with one attached hydrogen (secondary N) is 2. The number of aliphatic imine (C=N–C) groups is 1. The van der Waals surface area contributed by atoms with E-state index in [2.05, 4.69) is 75.9 Å². The third-order valence-corrected chi connectivity index (χ3v) is 5.68. The Morgan fingerprint density at radius 2 is 1.74 bits per heavy atom. The summed E-state index contributed by atoms with van der Waals surface area (Å²) in [4.78, 5) is 9.07. The van der Waals surface area contributed by atoms with Crippen LogP contribution in [0.2, 0.25) is 0 Å². The number of anilines is 1. The molecule has 170 valence electrons. The predicted molar refractivity (Wildman–Crippen MR) is 141 cm³/mol. The summed E-state index contributed by atoms with van der Waals surface area (Å²) < 4.78 is 5.65. The lowest BCUT2D eigenvalue weighted by molar-refractivity contribution is 0.239. The van der Waals surface area contributed by atoms with Gasteiger partial charge in [0.25, 0.3) is 0 Å². The first-order chi connectivity index (χ1) is 14.6. The van der Waals surface area contributed by atoms with Crippen LogP contribution in [0.1, 0.15) is 30.0 Å². The van der Waals surface area contributed by atoms with Gasteiger partial charge in [0.2, 0.25) is 0 Å². The van der Waals surface area contributed by atoms with Crippen LogP contribution >= 0.6 is 24.0 Å². The van der Waals surface area contributed by atoms with Crippen LogP contribution in [0.3, 0.4) is 0 Å². The van der Waals surface area contributed by atoms with Crippen LogP contribution in [0.25, 0.3) is 0 Å². The predicted octanol–water partition coefficient (Wildman–Crippen LogP) is 3.88. The van der Waals surface area contributed by atoms with Gasteiger partial charge in [0, 0.05) is 45.5 Å². The van der Waals surface area contributed by atoms with E-state index in [1.165, 1.54) is 29.7 Å². The van der Waals surface area contributed by atoms with Crippen LogP contribution in [-0.2, 0) is 6.54 Å². The summed E-state index contributed by atoms with van der Waals surface area (Å²) >= 11 is 0. The number of benzene rings is 2. The molecule has 0 spiro atoms. The highest BCUT2D eigenvalue weighted by Gasteiger charge is 2.26. The lowest BCUT2D eigenvalue weighted by atomic mass is 10.0. The standard InChI is InChI=1S/C24H35N5O.HI/c1-25-24(26-17-19-11-13-20(14-12-19)28(2)3)27-18-22(29-15-7-8-16-29)21-9-5-6-10-23(21)30-4;/h5-6,9-14,22H,7-8,15-18H2,1-4H3,(H2,25,26,27);1H. The van der Waals surface area contributed by atoms with Gasteiger partial charge in [0.05, 0.1) is 13.2 Å². The molecule has 0 aliphatic carbocycles. The molecule has 1 saturated heterocycles. The van der Waals surface area contributed by atoms with Crippen molar-refractivity contribution in [2.75, 3.05) is 52.8 Å². The number of hydrogen-bond acceptors (Lipinski definition) is 4. The van der Waals surface area contributed by atoms with Gasteiger partial charge in [-0.05, 0) is 49.7 Å². The van der Waals surface area contributed by atoms with Crippen molar-refractivity contribution in [2.45, 2.75) is 25.4 Å². The second kappa shape index (κ2) is 12.8. The summed E-state index contributed by atoms with van der Waals surface area (Å²) in [5.41, 5.74) is 3.65. The lowest BCUT2D eigenvalue weighted by Crippen LogP contribution is -2.42. The Morgan fingerprint density at radius 1 is 1.06 bits per heavy atom. The molecule has 2 aromatic carbocycles. The number of rotatable bonds is 8. The number of para-hydroxylation sites is 1. The quantitative estimate of drug-likeness (QED) is 0.304. The van der Waals surface area contributed by atoms with Gasteiger partial charge in [0.1, 0.15) is 5.75 Å². The minimum Gasteiger partial charge on any atom is -0.496 e. The van der Waals surface area contributed by atoms with Gasteiger partial charge in [0.15, 0.2) is 5.96 Å². The molecule has 1 atom stereocenters. The SMILES string of the molecule is CN=C(NCc1ccc(N(C)C)cc1)NCC(c1ccccc1OC)N1CCCC1.I. The Balaban J connectivity index is 0.00000341. The molecule has 0 bridgehead atoms. The molecule has 2 N–H and O–H groups in total. The first-order valence-corrected chi connectivity index (χ1v) is 10.7. The van der Waals surface area contributed by atoms with E-state index < -0.39 is 0 Å². The van der Waals surface area contributed by atoms with Crippen molar-refractivity contribution in [3.8, 4) is 5.75 Å². The second-order valence-electron chi connectivity index (χ2n) is 7.87. The van der Waals surface area contributed by atoms with Gasteiger partial charge in [-0.3, -0.25) is 9.89 Å². The zero-order valence-electron chi connectivity index (χ0n) is 19.1. The lowest BCUT2D eigenvalue weighted by Gasteiger charge is -2.30. The largest absolute Gasteiger partial charge is 0.496 e. The summed E-state index contributed by atoms with van der Waals surface area (Å²) in [6.07, 6.45) is 2.50. The Bertz CT molecular complexity index is 819. The minimum atomic E-state index is 0. The van der Waals surface area contributed by atoms with E-state index in [1.807, 2.05) is 19.2 Å². The van der Waals surface area contributed by atoms with Gasteiger partial charge >= 0.3 is 0 Å². The number of methoxy groups -OCH3 is 1. The maximum atomic E-state index is 5.65. The second-order valence-corrected chi connectivity index (χ2v) is 7.87. The molecule has 1 fully saturated rings. The molecule has 0 aromatic heterocycles. The van der Waals surface area contributed by atoms with Crippen molar-refractivity contribution in [1.82, 2.24) is 15.5 Å². The van der Waals surface area contributed by atoms with Crippen molar-refractivity contribution in [3.63, 3.8) is 0 Å². The highest BCUT2D eigenvalue weighted by atomic mass is 127. The van der Waals surface area contributed by atoms with Crippen LogP contribution in [-0.4, -0.2) is 58.7 Å². The van der Waals surface area contributed by atoms with E-state index in [9.17, 15) is 0 Å². The summed E-state index contributed by atoms with van der Waals surface area (Å²) in [5.74, 6) is 1.76. The van der Waals surface area contributed by atoms with Crippen molar-refractivity contribution >= 4 is 35.6 Å². The molecule has 0 radical (unpaired) electrons. The first kappa shape index (κ1) is 25.3. The maximum Gasteiger partial charge on any atom is 0.191 e. The highest BCUT2D eigenvalue weighted by Crippen LogP contribution is 2.31. The number of ether oxygens (including phenoxy) is 1. The van der Waals surface area contributed by atoms with E-state index in [0.717, 1.165) is 37.9 Å². The van der Waals surface area contributed by atoms with Gasteiger partial charge in [-0.25, -0.2) is 0 Å². The first-order valence-electron chi connectivity index (χ1n) is 10.7. The molecular formula is C24H36IN5O. The van der Waals surface area contributed by atoms with Gasteiger partial charge in [-0.15, -0.1) is 24.0 Å². The summed E-state index contributed by atoms with van der Waals surface area (Å²) in [6.45, 7) is 3.75. The molecule has 1 heterocycles. The number of nitrogens with zero attached hydrogens (tertiary/aromatic N) is 3. The fraction of sp³-hybridized carbons (Fsp3) is 0.458. The number of likely N-dealkylation sites (tertiary alicyclic amines) is 1. The maximum absolute atomic E-state index is 5.65. The normalized spacial score (nSPS) is 15.2. The van der Waals surface area contributed by atoms with Crippen molar-refractivity contribution in [1.29, 1.82) is 0 Å². The van der Waals surface area contributed by atoms with Gasteiger partial charge in [-0.2, -0.15) is 0 Å². The van der Waals surface area contributed by atoms with Crippen LogP contribution < -0.4 is 20.3 Å². The summed E-state index contributed by atoms with van der Waals surface area (Å²) in [6, 6.07) is 17.2. The van der Waals surface area contributed by atoms with Crippen LogP contribution in [0.4, 0.5) is 5.69 Å². The highest BCUT2D eigenvalue weighted by molar-refractivity contribution is 14.0. The molecule has 2 aromatic rings. The molecule has 1 aliphatic rings. The van der Waals surface area contributed by atoms with Crippen molar-refractivity contribution in [2.24, 2.45) is 4.99 Å². The zero-order chi connectivity index (χ0) is 21.3. The number of hydrogen-bond donors (Lipinski definition) is 2. The van der Waals surface area contributed by atoms with Crippen molar-refractivity contribution in [3.05, 3.63) is 59.7 Å². The van der Waals surface area contributed by atoms with E-state index in [-0.39, 0.29) is 30.0 Å². The zero-order valence-corrected chi connectivity index (χ0v) is 21.4. The fourth-order valence-corrected chi connectivity index (χ4v) is 3.94. The van der Waals surface area contributed by atoms with E-state index >= 15 is 0 Å². The molecule has 0 saturated carbocycles. The Labute approximate surface area is 204 Å². The van der Waals surface area contributed by atoms with E-state index in [4.69, 9.17) is 4.74 Å². The minimum absolute atomic E-state index is 0. The molecule has 1 unspecified atom stereocenters. The molecule has 3 rings (SSSR count). The van der Waals surface area contributed by atoms with E-state index in [1.54, 1.807) is 7.11 Å². The molecule has 0 amide bonds. The Hall–Kier alpha value is -2.00. The average Bonchev–Trinajstić information content (AvgIpc) is 3.31. The smallest absolute Gasteiger partial charge is 0.191 e.